The van der Waals surface area contributed by atoms with Gasteiger partial charge in [0.25, 0.3) is 0 Å². The minimum Gasteiger partial charge on any atom is -0.456 e. The second kappa shape index (κ2) is 7.19. The molecule has 4 nitrogen and oxygen atoms in total. The van der Waals surface area contributed by atoms with E-state index >= 15 is 0 Å². The summed E-state index contributed by atoms with van der Waals surface area (Å²) in [5, 5.41) is 13.6. The smallest absolute Gasteiger partial charge is 0.314 e. The minimum atomic E-state index is -0.989. The zero-order chi connectivity index (χ0) is 21.8. The highest BCUT2D eigenvalue weighted by atomic mass is 32.1. The van der Waals surface area contributed by atoms with Gasteiger partial charge in [-0.1, -0.05) is 48.5 Å². The van der Waals surface area contributed by atoms with Gasteiger partial charge >= 0.3 is 7.48 Å². The Hall–Kier alpha value is -2.67. The molecule has 2 heterocycles. The van der Waals surface area contributed by atoms with Crippen LogP contribution in [-0.2, 0) is 4.65 Å². The maximum atomic E-state index is 10.6. The van der Waals surface area contributed by atoms with E-state index in [1.54, 1.807) is 25.2 Å². The van der Waals surface area contributed by atoms with Crippen molar-refractivity contribution in [2.45, 2.75) is 38.9 Å². The number of aliphatic hydroxyl groups is 1. The summed E-state index contributed by atoms with van der Waals surface area (Å²) in [4.78, 5) is 4.95. The molecule has 5 aromatic rings. The Labute approximate surface area is 185 Å². The molecule has 6 heteroatoms. The quantitative estimate of drug-likeness (QED) is 0.380. The number of aromatic nitrogens is 1. The number of hydrogen-bond donors (Lipinski definition) is 1. The highest BCUT2D eigenvalue weighted by Crippen LogP contribution is 2.36. The largest absolute Gasteiger partial charge is 0.456 e. The van der Waals surface area contributed by atoms with Crippen LogP contribution in [0, 0.1) is 0 Å². The number of para-hydroxylation sites is 1. The van der Waals surface area contributed by atoms with Crippen LogP contribution in [-0.4, -0.2) is 28.8 Å². The van der Waals surface area contributed by atoms with Crippen LogP contribution in [0.1, 0.15) is 27.7 Å². The summed E-state index contributed by atoms with van der Waals surface area (Å²) >= 11 is 1.65. The van der Waals surface area contributed by atoms with Crippen molar-refractivity contribution >= 4 is 56.4 Å². The van der Waals surface area contributed by atoms with Gasteiger partial charge in [-0.15, -0.1) is 11.3 Å². The summed E-state index contributed by atoms with van der Waals surface area (Å²) in [6.07, 6.45) is 0. The molecular weight excluding hydrogens is 405 g/mol. The van der Waals surface area contributed by atoms with Crippen molar-refractivity contribution in [1.82, 2.24) is 4.98 Å². The van der Waals surface area contributed by atoms with Crippen molar-refractivity contribution in [2.75, 3.05) is 0 Å². The number of nitrogens with zero attached hydrogens (tertiary/aromatic N) is 1. The number of fused-ring (bicyclic) bond motifs is 4. The second-order valence-electron chi connectivity index (χ2n) is 8.92. The van der Waals surface area contributed by atoms with Gasteiger partial charge in [-0.3, -0.25) is 0 Å². The molecule has 0 saturated carbocycles. The average molecular weight is 429 g/mol. The Bertz CT molecular complexity index is 1400. The predicted octanol–water partition coefficient (Wildman–Crippen LogP) is 5.41. The van der Waals surface area contributed by atoms with Crippen LogP contribution in [0.3, 0.4) is 0 Å². The standard InChI is InChI=1S/C25H24BNO3S/c1-24(2,28)25(3,4)30-26-20-21-17(16-12-8-9-13-19(16)29-21)14-18-22(20)31-23(27-18)15-10-6-5-7-11-15/h5-14,26,28H,1-4H3. The van der Waals surface area contributed by atoms with Gasteiger partial charge in [0.2, 0.25) is 0 Å². The first kappa shape index (κ1) is 20.2. The maximum absolute atomic E-state index is 10.6. The fourth-order valence-corrected chi connectivity index (χ4v) is 4.66. The van der Waals surface area contributed by atoms with Gasteiger partial charge in [-0.2, -0.15) is 0 Å². The molecule has 0 saturated heterocycles. The Morgan fingerprint density at radius 3 is 2.42 bits per heavy atom. The van der Waals surface area contributed by atoms with Gasteiger partial charge in [0.15, 0.2) is 0 Å². The fraction of sp³-hybridized carbons (Fsp3) is 0.240. The highest BCUT2D eigenvalue weighted by molar-refractivity contribution is 7.23. The molecule has 0 aliphatic rings. The lowest BCUT2D eigenvalue weighted by Gasteiger charge is -2.37. The summed E-state index contributed by atoms with van der Waals surface area (Å²) in [5.41, 5.74) is 2.94. The molecule has 0 spiro atoms. The van der Waals surface area contributed by atoms with E-state index in [-0.39, 0.29) is 0 Å². The summed E-state index contributed by atoms with van der Waals surface area (Å²) in [6.45, 7) is 7.35. The van der Waals surface area contributed by atoms with Crippen LogP contribution in [0.5, 0.6) is 0 Å². The zero-order valence-corrected chi connectivity index (χ0v) is 18.9. The summed E-state index contributed by atoms with van der Waals surface area (Å²) in [6, 6.07) is 20.4. The van der Waals surface area contributed by atoms with Crippen LogP contribution < -0.4 is 5.46 Å². The van der Waals surface area contributed by atoms with Gasteiger partial charge in [-0.25, -0.2) is 4.98 Å². The molecule has 0 radical (unpaired) electrons. The van der Waals surface area contributed by atoms with Crippen LogP contribution in [0.25, 0.3) is 42.7 Å². The second-order valence-corrected chi connectivity index (χ2v) is 9.92. The molecule has 2 aromatic heterocycles. The zero-order valence-electron chi connectivity index (χ0n) is 18.1. The molecule has 156 valence electrons. The Balaban J connectivity index is 1.73. The number of benzene rings is 3. The van der Waals surface area contributed by atoms with E-state index in [1.807, 2.05) is 50.2 Å². The van der Waals surface area contributed by atoms with Crippen LogP contribution in [0.4, 0.5) is 0 Å². The number of thiazole rings is 1. The number of furan rings is 1. The lowest BCUT2D eigenvalue weighted by Crippen LogP contribution is -2.49. The first-order valence-electron chi connectivity index (χ1n) is 10.4. The number of rotatable bonds is 5. The van der Waals surface area contributed by atoms with Crippen LogP contribution in [0.15, 0.2) is 65.1 Å². The topological polar surface area (TPSA) is 55.5 Å². The molecule has 0 fully saturated rings. The predicted molar refractivity (Wildman–Crippen MR) is 131 cm³/mol. The Morgan fingerprint density at radius 2 is 1.68 bits per heavy atom. The third-order valence-electron chi connectivity index (χ3n) is 6.19. The van der Waals surface area contributed by atoms with Crippen molar-refractivity contribution in [3.63, 3.8) is 0 Å². The molecule has 1 N–H and O–H groups in total. The highest BCUT2D eigenvalue weighted by Gasteiger charge is 2.36. The van der Waals surface area contributed by atoms with E-state index in [4.69, 9.17) is 14.1 Å². The molecule has 0 bridgehead atoms. The van der Waals surface area contributed by atoms with Gasteiger partial charge < -0.3 is 14.2 Å². The molecule has 0 aliphatic carbocycles. The first-order chi connectivity index (χ1) is 14.7. The third kappa shape index (κ3) is 3.45. The van der Waals surface area contributed by atoms with Crippen molar-refractivity contribution in [2.24, 2.45) is 0 Å². The minimum absolute atomic E-state index is 0.321. The molecule has 0 aliphatic heterocycles. The van der Waals surface area contributed by atoms with Crippen molar-refractivity contribution in [3.05, 3.63) is 60.7 Å². The van der Waals surface area contributed by atoms with Gasteiger partial charge in [0, 0.05) is 21.8 Å². The van der Waals surface area contributed by atoms with Crippen molar-refractivity contribution in [1.29, 1.82) is 0 Å². The summed E-state index contributed by atoms with van der Waals surface area (Å²) in [7, 11) is 0.321. The van der Waals surface area contributed by atoms with Crippen LogP contribution in [0.2, 0.25) is 0 Å². The van der Waals surface area contributed by atoms with E-state index < -0.39 is 11.2 Å². The number of hydrogen-bond acceptors (Lipinski definition) is 5. The van der Waals surface area contributed by atoms with Gasteiger partial charge in [0.05, 0.1) is 21.4 Å². The van der Waals surface area contributed by atoms with E-state index in [1.165, 1.54) is 0 Å². The fourth-order valence-electron chi connectivity index (χ4n) is 3.58. The monoisotopic (exact) mass is 429 g/mol. The summed E-state index contributed by atoms with van der Waals surface area (Å²) < 4.78 is 13.6. The lowest BCUT2D eigenvalue weighted by atomic mass is 9.81. The lowest BCUT2D eigenvalue weighted by molar-refractivity contribution is -0.0892. The molecule has 5 rings (SSSR count). The van der Waals surface area contributed by atoms with Crippen LogP contribution >= 0.6 is 11.3 Å². The SMILES string of the molecule is CC(C)(O)C(C)(C)OBc1c2oc3ccccc3c2cc2nc(-c3ccccc3)sc12. The van der Waals surface area contributed by atoms with E-state index in [0.29, 0.717) is 7.48 Å². The van der Waals surface area contributed by atoms with E-state index in [0.717, 1.165) is 48.2 Å². The van der Waals surface area contributed by atoms with Crippen molar-refractivity contribution in [3.8, 4) is 10.6 Å². The Morgan fingerprint density at radius 1 is 0.968 bits per heavy atom. The van der Waals surface area contributed by atoms with Gasteiger partial charge in [0.1, 0.15) is 16.2 Å². The maximum Gasteiger partial charge on any atom is 0.314 e. The summed E-state index contributed by atoms with van der Waals surface area (Å²) in [5.74, 6) is 0. The molecule has 31 heavy (non-hydrogen) atoms. The normalized spacial score (nSPS) is 12.8. The molecule has 0 atom stereocenters. The Kier molecular flexibility index (Phi) is 4.70. The molecular formula is C25H24BNO3S. The van der Waals surface area contributed by atoms with E-state index in [9.17, 15) is 5.11 Å². The molecule has 3 aromatic carbocycles. The van der Waals surface area contributed by atoms with Gasteiger partial charge in [-0.05, 0) is 39.8 Å². The third-order valence-corrected chi connectivity index (χ3v) is 7.37. The van der Waals surface area contributed by atoms with E-state index in [2.05, 4.69) is 24.3 Å². The molecule has 0 unspecified atom stereocenters. The first-order valence-corrected chi connectivity index (χ1v) is 11.2. The van der Waals surface area contributed by atoms with Crippen molar-refractivity contribution < 1.29 is 14.2 Å². The molecule has 0 amide bonds. The average Bonchev–Trinajstić information content (AvgIpc) is 3.32.